The van der Waals surface area contributed by atoms with Gasteiger partial charge in [0.25, 0.3) is 0 Å². The van der Waals surface area contributed by atoms with Crippen LogP contribution in [0, 0.1) is 28.4 Å². The molecule has 0 aliphatic rings. The van der Waals surface area contributed by atoms with Crippen LogP contribution < -0.4 is 0 Å². The summed E-state index contributed by atoms with van der Waals surface area (Å²) in [6.07, 6.45) is 2.90. The minimum Gasteiger partial charge on any atom is -0.358 e. The smallest absolute Gasteiger partial charge is 0.358 e. The number of aromatic nitrogens is 4. The molecule has 0 fully saturated rings. The average molecular weight is 232 g/mol. The van der Waals surface area contributed by atoms with E-state index in [0.29, 0.717) is 5.82 Å². The highest BCUT2D eigenvalue weighted by atomic mass is 16.6. The molecule has 0 radical (unpaired) electrons. The predicted octanol–water partition coefficient (Wildman–Crippen LogP) is 0.694. The number of rotatable bonds is 2. The van der Waals surface area contributed by atoms with E-state index in [1.165, 1.54) is 17.0 Å². The number of hydrogen-bond acceptors (Lipinski definition) is 5. The molecular formula is C9H8N6O2. The molecule has 8 heteroatoms. The molecule has 0 amide bonds. The molecule has 2 rings (SSSR count). The SMILES string of the molecule is Cc1nc([N+](=O)[O-])c(-n2ccnc2C#N)n1C. The van der Waals surface area contributed by atoms with Crippen LogP contribution >= 0.6 is 0 Å². The number of nitro groups is 1. The van der Waals surface area contributed by atoms with Crippen LogP contribution in [0.25, 0.3) is 5.82 Å². The summed E-state index contributed by atoms with van der Waals surface area (Å²) in [5.41, 5.74) is 0. The van der Waals surface area contributed by atoms with Crippen LogP contribution in [0.1, 0.15) is 11.6 Å². The Labute approximate surface area is 95.9 Å². The van der Waals surface area contributed by atoms with Gasteiger partial charge in [-0.05, 0) is 9.91 Å². The van der Waals surface area contributed by atoms with Crippen LogP contribution in [0.15, 0.2) is 12.4 Å². The van der Waals surface area contributed by atoms with E-state index in [-0.39, 0.29) is 17.5 Å². The van der Waals surface area contributed by atoms with Gasteiger partial charge < -0.3 is 10.1 Å². The molecule has 0 bridgehead atoms. The lowest BCUT2D eigenvalue weighted by molar-refractivity contribution is -0.389. The number of hydrogen-bond donors (Lipinski definition) is 0. The van der Waals surface area contributed by atoms with Crippen molar-refractivity contribution in [3.63, 3.8) is 0 Å². The zero-order valence-electron chi connectivity index (χ0n) is 9.15. The van der Waals surface area contributed by atoms with Gasteiger partial charge in [0.05, 0.1) is 0 Å². The van der Waals surface area contributed by atoms with Gasteiger partial charge in [0.2, 0.25) is 17.5 Å². The fourth-order valence-corrected chi connectivity index (χ4v) is 1.53. The van der Waals surface area contributed by atoms with Gasteiger partial charge in [-0.25, -0.2) is 4.98 Å². The van der Waals surface area contributed by atoms with Crippen molar-refractivity contribution >= 4 is 5.82 Å². The van der Waals surface area contributed by atoms with Crippen molar-refractivity contribution in [2.24, 2.45) is 7.05 Å². The van der Waals surface area contributed by atoms with Crippen LogP contribution in [0.3, 0.4) is 0 Å². The highest BCUT2D eigenvalue weighted by Crippen LogP contribution is 2.23. The van der Waals surface area contributed by atoms with Gasteiger partial charge in [0.1, 0.15) is 6.07 Å². The van der Waals surface area contributed by atoms with Crippen molar-refractivity contribution in [3.05, 3.63) is 34.2 Å². The summed E-state index contributed by atoms with van der Waals surface area (Å²) >= 11 is 0. The topological polar surface area (TPSA) is 103 Å². The molecule has 0 saturated carbocycles. The predicted molar refractivity (Wildman–Crippen MR) is 56.4 cm³/mol. The molecule has 17 heavy (non-hydrogen) atoms. The lowest BCUT2D eigenvalue weighted by Crippen LogP contribution is -2.06. The molecule has 2 aromatic rings. The summed E-state index contributed by atoms with van der Waals surface area (Å²) in [5, 5.41) is 19.8. The number of aryl methyl sites for hydroxylation is 1. The molecule has 0 unspecified atom stereocenters. The monoisotopic (exact) mass is 232 g/mol. The second-order valence-corrected chi connectivity index (χ2v) is 3.36. The van der Waals surface area contributed by atoms with Crippen molar-refractivity contribution in [3.8, 4) is 11.9 Å². The van der Waals surface area contributed by atoms with Gasteiger partial charge in [0, 0.05) is 26.4 Å². The Bertz CT molecular complexity index is 632. The van der Waals surface area contributed by atoms with Gasteiger partial charge >= 0.3 is 5.82 Å². The highest BCUT2D eigenvalue weighted by molar-refractivity contribution is 5.45. The minimum atomic E-state index is -0.580. The minimum absolute atomic E-state index is 0.0797. The van der Waals surface area contributed by atoms with E-state index in [2.05, 4.69) is 9.97 Å². The molecule has 86 valence electrons. The third-order valence-corrected chi connectivity index (χ3v) is 2.41. The Hall–Kier alpha value is -2.69. The first-order chi connectivity index (χ1) is 8.06. The molecule has 2 heterocycles. The van der Waals surface area contributed by atoms with E-state index in [1.807, 2.05) is 6.07 Å². The summed E-state index contributed by atoms with van der Waals surface area (Å²) in [4.78, 5) is 18.0. The molecule has 0 aliphatic heterocycles. The average Bonchev–Trinajstić information content (AvgIpc) is 2.84. The van der Waals surface area contributed by atoms with Crippen molar-refractivity contribution in [2.75, 3.05) is 0 Å². The largest absolute Gasteiger partial charge is 0.407 e. The fraction of sp³-hybridized carbons (Fsp3) is 0.222. The highest BCUT2D eigenvalue weighted by Gasteiger charge is 2.26. The Balaban J connectivity index is 2.75. The van der Waals surface area contributed by atoms with E-state index < -0.39 is 4.92 Å². The van der Waals surface area contributed by atoms with Gasteiger partial charge in [0.15, 0.2) is 0 Å². The van der Waals surface area contributed by atoms with Crippen LogP contribution in [0.5, 0.6) is 0 Å². The fourth-order valence-electron chi connectivity index (χ4n) is 1.53. The van der Waals surface area contributed by atoms with E-state index in [9.17, 15) is 10.1 Å². The van der Waals surface area contributed by atoms with Gasteiger partial charge in [-0.3, -0.25) is 9.13 Å². The second-order valence-electron chi connectivity index (χ2n) is 3.36. The van der Waals surface area contributed by atoms with Crippen LogP contribution in [-0.4, -0.2) is 24.0 Å². The van der Waals surface area contributed by atoms with Crippen molar-refractivity contribution in [2.45, 2.75) is 6.92 Å². The van der Waals surface area contributed by atoms with Crippen molar-refractivity contribution in [1.29, 1.82) is 5.26 Å². The molecule has 0 aromatic carbocycles. The van der Waals surface area contributed by atoms with Crippen LogP contribution in [0.4, 0.5) is 5.82 Å². The van der Waals surface area contributed by atoms with E-state index in [4.69, 9.17) is 5.26 Å². The lowest BCUT2D eigenvalue weighted by Gasteiger charge is -2.03. The Morgan fingerprint density at radius 1 is 1.59 bits per heavy atom. The van der Waals surface area contributed by atoms with Crippen LogP contribution in [-0.2, 0) is 7.05 Å². The third-order valence-electron chi connectivity index (χ3n) is 2.41. The first-order valence-corrected chi connectivity index (χ1v) is 4.67. The summed E-state index contributed by atoms with van der Waals surface area (Å²) in [5.74, 6) is 0.501. The first-order valence-electron chi connectivity index (χ1n) is 4.67. The molecule has 0 spiro atoms. The standard InChI is InChI=1S/C9H8N6O2/c1-6-12-8(15(16)17)9(13(6)2)14-4-3-11-7(14)5-10/h3-4H,1-2H3. The van der Waals surface area contributed by atoms with Crippen molar-refractivity contribution < 1.29 is 4.92 Å². The maximum absolute atomic E-state index is 10.9. The maximum atomic E-state index is 10.9. The Morgan fingerprint density at radius 3 is 2.88 bits per heavy atom. The number of nitrogens with zero attached hydrogens (tertiary/aromatic N) is 6. The summed E-state index contributed by atoms with van der Waals surface area (Å²) in [6.45, 7) is 1.65. The zero-order chi connectivity index (χ0) is 12.6. The second kappa shape index (κ2) is 3.71. The van der Waals surface area contributed by atoms with Gasteiger partial charge in [-0.15, -0.1) is 0 Å². The molecule has 0 atom stereocenters. The Kier molecular flexibility index (Phi) is 2.36. The number of nitriles is 1. The van der Waals surface area contributed by atoms with Gasteiger partial charge in [-0.2, -0.15) is 5.26 Å². The molecular weight excluding hydrogens is 224 g/mol. The molecule has 0 saturated heterocycles. The molecule has 0 N–H and O–H groups in total. The molecule has 8 nitrogen and oxygen atoms in total. The van der Waals surface area contributed by atoms with E-state index in [1.54, 1.807) is 18.5 Å². The van der Waals surface area contributed by atoms with Gasteiger partial charge in [-0.1, -0.05) is 0 Å². The van der Waals surface area contributed by atoms with E-state index in [0.717, 1.165) is 0 Å². The molecule has 2 aromatic heterocycles. The summed E-state index contributed by atoms with van der Waals surface area (Å²) < 4.78 is 2.89. The van der Waals surface area contributed by atoms with Crippen LogP contribution in [0.2, 0.25) is 0 Å². The third kappa shape index (κ3) is 1.53. The van der Waals surface area contributed by atoms with Crippen molar-refractivity contribution in [1.82, 2.24) is 19.1 Å². The zero-order valence-corrected chi connectivity index (χ0v) is 9.15. The Morgan fingerprint density at radius 2 is 2.29 bits per heavy atom. The van der Waals surface area contributed by atoms with E-state index >= 15 is 0 Å². The molecule has 0 aliphatic carbocycles. The maximum Gasteiger partial charge on any atom is 0.407 e. The summed E-state index contributed by atoms with van der Waals surface area (Å²) in [7, 11) is 1.64. The number of imidazole rings is 2. The lowest BCUT2D eigenvalue weighted by atomic mass is 10.5. The normalized spacial score (nSPS) is 10.2. The first kappa shape index (κ1) is 10.8. The summed E-state index contributed by atoms with van der Waals surface area (Å²) in [6, 6.07) is 1.86. The quantitative estimate of drug-likeness (QED) is 0.559.